The van der Waals surface area contributed by atoms with Crippen molar-refractivity contribution in [3.05, 3.63) is 77.9 Å². The van der Waals surface area contributed by atoms with E-state index in [4.69, 9.17) is 14.2 Å². The van der Waals surface area contributed by atoms with Crippen molar-refractivity contribution in [1.29, 1.82) is 0 Å². The fourth-order valence-corrected chi connectivity index (χ4v) is 6.16. The van der Waals surface area contributed by atoms with Crippen molar-refractivity contribution in [2.24, 2.45) is 0 Å². The number of hydrogen-bond donors (Lipinski definition) is 0. The van der Waals surface area contributed by atoms with Crippen LogP contribution in [0.25, 0.3) is 0 Å². The van der Waals surface area contributed by atoms with Crippen molar-refractivity contribution in [1.82, 2.24) is 4.31 Å². The second-order valence-electron chi connectivity index (χ2n) is 9.45. The molecule has 3 aromatic rings. The fourth-order valence-electron chi connectivity index (χ4n) is 4.59. The van der Waals surface area contributed by atoms with Crippen molar-refractivity contribution in [3.8, 4) is 17.2 Å². The number of amides is 2. The van der Waals surface area contributed by atoms with E-state index in [0.29, 0.717) is 28.5 Å². The lowest BCUT2D eigenvalue weighted by atomic mass is 10.0. The Hall–Kier alpha value is -3.89. The van der Waals surface area contributed by atoms with Crippen LogP contribution >= 0.6 is 0 Å². The summed E-state index contributed by atoms with van der Waals surface area (Å²) in [5.41, 5.74) is 2.07. The highest BCUT2D eigenvalue weighted by atomic mass is 32.2. The molecule has 198 valence electrons. The lowest BCUT2D eigenvalue weighted by Gasteiger charge is -2.27. The summed E-state index contributed by atoms with van der Waals surface area (Å²) < 4.78 is 44.9. The summed E-state index contributed by atoms with van der Waals surface area (Å²) in [6, 6.07) is 17.0. The number of methoxy groups -OCH3 is 1. The van der Waals surface area contributed by atoms with Crippen molar-refractivity contribution in [3.63, 3.8) is 0 Å². The zero-order chi connectivity index (χ0) is 27.0. The molecule has 1 unspecified atom stereocenters. The first-order valence-corrected chi connectivity index (χ1v) is 13.6. The van der Waals surface area contributed by atoms with Gasteiger partial charge in [0.1, 0.15) is 11.8 Å². The predicted octanol–water partition coefficient (Wildman–Crippen LogP) is 4.07. The van der Waals surface area contributed by atoms with Crippen LogP contribution in [0.15, 0.2) is 71.6 Å². The van der Waals surface area contributed by atoms with Crippen LogP contribution in [0.5, 0.6) is 17.2 Å². The number of rotatable bonds is 8. The first-order valence-electron chi connectivity index (χ1n) is 12.2. The van der Waals surface area contributed by atoms with Gasteiger partial charge in [-0.05, 0) is 65.6 Å². The topological polar surface area (TPSA) is 102 Å². The minimum Gasteiger partial charge on any atom is -0.497 e. The third kappa shape index (κ3) is 4.72. The molecule has 0 saturated carbocycles. The molecule has 3 aromatic carbocycles. The van der Waals surface area contributed by atoms with Crippen LogP contribution in [0.1, 0.15) is 37.3 Å². The number of imide groups is 1. The molecule has 1 atom stereocenters. The molecule has 0 N–H and O–H groups in total. The SMILES string of the molecule is COc1ccc(S(=O)(=O)N(Cc2ccc3c(c2)OCO3)C2CC(=O)N(c3ccc(C(C)C)cc3)C2=O)cc1. The quantitative estimate of drug-likeness (QED) is 0.400. The molecule has 2 amide bonds. The minimum atomic E-state index is -4.20. The molecule has 9 nitrogen and oxygen atoms in total. The van der Waals surface area contributed by atoms with Gasteiger partial charge in [-0.25, -0.2) is 13.3 Å². The summed E-state index contributed by atoms with van der Waals surface area (Å²) in [6.07, 6.45) is -0.273. The molecule has 0 radical (unpaired) electrons. The molecule has 0 aromatic heterocycles. The van der Waals surface area contributed by atoms with Crippen LogP contribution in [0.2, 0.25) is 0 Å². The van der Waals surface area contributed by atoms with Gasteiger partial charge in [-0.1, -0.05) is 32.0 Å². The van der Waals surface area contributed by atoms with Gasteiger partial charge in [0.05, 0.1) is 24.1 Å². The summed E-state index contributed by atoms with van der Waals surface area (Å²) in [4.78, 5) is 27.8. The Morgan fingerprint density at radius 1 is 0.974 bits per heavy atom. The molecule has 2 heterocycles. The maximum Gasteiger partial charge on any atom is 0.252 e. The number of ether oxygens (including phenoxy) is 3. The number of sulfonamides is 1. The molecule has 0 bridgehead atoms. The Morgan fingerprint density at radius 3 is 2.32 bits per heavy atom. The van der Waals surface area contributed by atoms with Crippen LogP contribution in [0.4, 0.5) is 5.69 Å². The van der Waals surface area contributed by atoms with Gasteiger partial charge in [0.15, 0.2) is 11.5 Å². The fraction of sp³-hybridized carbons (Fsp3) is 0.286. The largest absolute Gasteiger partial charge is 0.497 e. The van der Waals surface area contributed by atoms with E-state index in [-0.39, 0.29) is 30.6 Å². The van der Waals surface area contributed by atoms with Crippen LogP contribution in [-0.2, 0) is 26.2 Å². The normalized spacial score (nSPS) is 17.1. The van der Waals surface area contributed by atoms with Gasteiger partial charge in [-0.3, -0.25) is 9.59 Å². The zero-order valence-corrected chi connectivity index (χ0v) is 22.1. The van der Waals surface area contributed by atoms with Crippen molar-refractivity contribution < 1.29 is 32.2 Å². The molecular formula is C28H28N2O7S. The summed E-state index contributed by atoms with van der Waals surface area (Å²) >= 11 is 0. The Kier molecular flexibility index (Phi) is 6.85. The van der Waals surface area contributed by atoms with E-state index in [0.717, 1.165) is 14.8 Å². The van der Waals surface area contributed by atoms with Gasteiger partial charge in [0, 0.05) is 6.54 Å². The Bertz CT molecular complexity index is 1470. The molecule has 38 heavy (non-hydrogen) atoms. The maximum atomic E-state index is 13.9. The number of hydrogen-bond acceptors (Lipinski definition) is 7. The molecule has 1 fully saturated rings. The highest BCUT2D eigenvalue weighted by molar-refractivity contribution is 7.89. The number of carbonyl (C=O) groups is 2. The minimum absolute atomic E-state index is 0.0148. The molecular weight excluding hydrogens is 508 g/mol. The molecule has 0 spiro atoms. The van der Waals surface area contributed by atoms with E-state index in [1.54, 1.807) is 30.3 Å². The molecule has 5 rings (SSSR count). The number of nitrogens with zero attached hydrogens (tertiary/aromatic N) is 2. The molecule has 2 aliphatic rings. The predicted molar refractivity (Wildman–Crippen MR) is 140 cm³/mol. The monoisotopic (exact) mass is 536 g/mol. The number of carbonyl (C=O) groups excluding carboxylic acids is 2. The smallest absolute Gasteiger partial charge is 0.252 e. The van der Waals surface area contributed by atoms with Crippen molar-refractivity contribution in [2.45, 2.75) is 43.7 Å². The van der Waals surface area contributed by atoms with E-state index in [9.17, 15) is 18.0 Å². The average Bonchev–Trinajstić information content (AvgIpc) is 3.50. The van der Waals surface area contributed by atoms with E-state index >= 15 is 0 Å². The summed E-state index contributed by atoms with van der Waals surface area (Å²) in [5, 5.41) is 0. The Labute approximate surface area is 221 Å². The molecule has 2 aliphatic heterocycles. The lowest BCUT2D eigenvalue weighted by molar-refractivity contribution is -0.122. The van der Waals surface area contributed by atoms with Crippen LogP contribution in [-0.4, -0.2) is 44.5 Å². The van der Waals surface area contributed by atoms with Crippen LogP contribution < -0.4 is 19.1 Å². The Morgan fingerprint density at radius 2 is 1.66 bits per heavy atom. The van der Waals surface area contributed by atoms with Crippen molar-refractivity contribution in [2.75, 3.05) is 18.8 Å². The number of fused-ring (bicyclic) bond motifs is 1. The van der Waals surface area contributed by atoms with Crippen molar-refractivity contribution >= 4 is 27.5 Å². The van der Waals surface area contributed by atoms with Gasteiger partial charge in [-0.2, -0.15) is 4.31 Å². The standard InChI is InChI=1S/C28H28N2O7S/c1-18(2)20-5-7-21(8-6-20)30-27(31)15-24(28(30)32)29(16-19-4-13-25-26(14-19)37-17-36-25)38(33,34)23-11-9-22(35-3)10-12-23/h4-14,18,24H,15-17H2,1-3H3. The van der Waals surface area contributed by atoms with Gasteiger partial charge >= 0.3 is 0 Å². The third-order valence-electron chi connectivity index (χ3n) is 6.73. The van der Waals surface area contributed by atoms with Gasteiger partial charge in [0.25, 0.3) is 5.91 Å². The third-order valence-corrected chi connectivity index (χ3v) is 8.60. The molecule has 0 aliphatic carbocycles. The summed E-state index contributed by atoms with van der Waals surface area (Å²) in [5.74, 6) is 0.775. The second kappa shape index (κ2) is 10.1. The zero-order valence-electron chi connectivity index (χ0n) is 21.3. The van der Waals surface area contributed by atoms with Gasteiger partial charge in [0.2, 0.25) is 22.7 Å². The highest BCUT2D eigenvalue weighted by Crippen LogP contribution is 2.35. The van der Waals surface area contributed by atoms with E-state index < -0.39 is 27.9 Å². The maximum absolute atomic E-state index is 13.9. The van der Waals surface area contributed by atoms with Gasteiger partial charge < -0.3 is 14.2 Å². The second-order valence-corrected chi connectivity index (χ2v) is 11.3. The first-order chi connectivity index (χ1) is 18.2. The van der Waals surface area contributed by atoms with Crippen LogP contribution in [0, 0.1) is 0 Å². The molecule has 1 saturated heterocycles. The summed E-state index contributed by atoms with van der Waals surface area (Å²) in [6.45, 7) is 4.03. The first kappa shape index (κ1) is 25.7. The lowest BCUT2D eigenvalue weighted by Crippen LogP contribution is -2.45. The van der Waals surface area contributed by atoms with E-state index in [2.05, 4.69) is 13.8 Å². The van der Waals surface area contributed by atoms with Crippen LogP contribution in [0.3, 0.4) is 0 Å². The van der Waals surface area contributed by atoms with E-state index in [1.165, 1.54) is 31.4 Å². The molecule has 10 heteroatoms. The highest BCUT2D eigenvalue weighted by Gasteiger charge is 2.47. The number of anilines is 1. The average molecular weight is 537 g/mol. The summed E-state index contributed by atoms with van der Waals surface area (Å²) in [7, 11) is -2.71. The number of benzene rings is 3. The van der Waals surface area contributed by atoms with Gasteiger partial charge in [-0.15, -0.1) is 0 Å². The Balaban J connectivity index is 1.51. The van der Waals surface area contributed by atoms with E-state index in [1.807, 2.05) is 12.1 Å².